The van der Waals surface area contributed by atoms with Crippen LogP contribution in [-0.4, -0.2) is 16.6 Å². The number of fused-ring (bicyclic) bond motifs is 1. The molecule has 18 heavy (non-hydrogen) atoms. The third-order valence-electron chi connectivity index (χ3n) is 4.01. The smallest absolute Gasteiger partial charge is 0.0313 e. The van der Waals surface area contributed by atoms with Crippen molar-refractivity contribution in [3.05, 3.63) is 23.0 Å². The van der Waals surface area contributed by atoms with Crippen LogP contribution < -0.4 is 5.73 Å². The summed E-state index contributed by atoms with van der Waals surface area (Å²) in [4.78, 5) is 0. The SMILES string of the molecule is CSCCCCCn1c(C)cc2c1CCCC2N. The summed E-state index contributed by atoms with van der Waals surface area (Å²) in [5.41, 5.74) is 10.6. The standard InChI is InChI=1S/C15H26N2S/c1-12-11-13-14(16)7-6-8-15(13)17(12)9-4-3-5-10-18-2/h11,14H,3-10,16H2,1-2H3. The quantitative estimate of drug-likeness (QED) is 0.797. The van der Waals surface area contributed by atoms with Gasteiger partial charge < -0.3 is 10.3 Å². The van der Waals surface area contributed by atoms with Gasteiger partial charge in [-0.3, -0.25) is 0 Å². The summed E-state index contributed by atoms with van der Waals surface area (Å²) in [6.07, 6.45) is 9.82. The van der Waals surface area contributed by atoms with Gasteiger partial charge in [0.15, 0.2) is 0 Å². The predicted molar refractivity (Wildman–Crippen MR) is 81.3 cm³/mol. The third kappa shape index (κ3) is 3.12. The minimum Gasteiger partial charge on any atom is -0.349 e. The van der Waals surface area contributed by atoms with Crippen LogP contribution in [0.3, 0.4) is 0 Å². The Balaban J connectivity index is 1.96. The zero-order chi connectivity index (χ0) is 13.0. The summed E-state index contributed by atoms with van der Waals surface area (Å²) in [7, 11) is 0. The number of nitrogens with zero attached hydrogens (tertiary/aromatic N) is 1. The largest absolute Gasteiger partial charge is 0.349 e. The predicted octanol–water partition coefficient (Wildman–Crippen LogP) is 3.67. The van der Waals surface area contributed by atoms with E-state index >= 15 is 0 Å². The van der Waals surface area contributed by atoms with E-state index in [9.17, 15) is 0 Å². The average molecular weight is 266 g/mol. The van der Waals surface area contributed by atoms with Gasteiger partial charge in [0.25, 0.3) is 0 Å². The second-order valence-electron chi connectivity index (χ2n) is 5.39. The summed E-state index contributed by atoms with van der Waals surface area (Å²) in [6.45, 7) is 3.41. The number of hydrogen-bond donors (Lipinski definition) is 1. The van der Waals surface area contributed by atoms with Crippen molar-refractivity contribution in [2.45, 2.75) is 58.0 Å². The number of hydrogen-bond acceptors (Lipinski definition) is 2. The molecule has 102 valence electrons. The van der Waals surface area contributed by atoms with Crippen LogP contribution in [0.1, 0.15) is 55.1 Å². The molecule has 0 fully saturated rings. The monoisotopic (exact) mass is 266 g/mol. The number of aromatic nitrogens is 1. The Morgan fingerprint density at radius 2 is 2.22 bits per heavy atom. The molecular formula is C15H26N2S. The average Bonchev–Trinajstić information content (AvgIpc) is 2.68. The van der Waals surface area contributed by atoms with Crippen LogP contribution >= 0.6 is 11.8 Å². The van der Waals surface area contributed by atoms with Gasteiger partial charge in [-0.2, -0.15) is 11.8 Å². The molecule has 2 nitrogen and oxygen atoms in total. The minimum absolute atomic E-state index is 0.283. The molecule has 2 rings (SSSR count). The maximum atomic E-state index is 6.21. The van der Waals surface area contributed by atoms with Gasteiger partial charge in [0, 0.05) is 24.0 Å². The number of aryl methyl sites for hydroxylation is 1. The van der Waals surface area contributed by atoms with E-state index in [4.69, 9.17) is 5.73 Å². The molecule has 1 atom stereocenters. The van der Waals surface area contributed by atoms with Crippen LogP contribution in [0.5, 0.6) is 0 Å². The lowest BCUT2D eigenvalue weighted by Crippen LogP contribution is -2.18. The lowest BCUT2D eigenvalue weighted by atomic mass is 9.93. The molecule has 3 heteroatoms. The number of nitrogens with two attached hydrogens (primary N) is 1. The molecule has 0 saturated heterocycles. The van der Waals surface area contributed by atoms with Crippen LogP contribution in [0.25, 0.3) is 0 Å². The van der Waals surface area contributed by atoms with Gasteiger partial charge in [0.1, 0.15) is 0 Å². The van der Waals surface area contributed by atoms with E-state index in [1.807, 2.05) is 11.8 Å². The highest BCUT2D eigenvalue weighted by atomic mass is 32.2. The topological polar surface area (TPSA) is 30.9 Å². The second kappa shape index (κ2) is 6.67. The number of thioether (sulfide) groups is 1. The third-order valence-corrected chi connectivity index (χ3v) is 4.70. The molecule has 1 aliphatic carbocycles. The molecule has 0 radical (unpaired) electrons. The lowest BCUT2D eigenvalue weighted by molar-refractivity contribution is 0.521. The molecule has 1 unspecified atom stereocenters. The van der Waals surface area contributed by atoms with Crippen LogP contribution in [0.15, 0.2) is 6.07 Å². The molecule has 0 amide bonds. The molecular weight excluding hydrogens is 240 g/mol. The van der Waals surface area contributed by atoms with Crippen molar-refractivity contribution in [1.82, 2.24) is 4.57 Å². The zero-order valence-corrected chi connectivity index (χ0v) is 12.6. The molecule has 1 aromatic heterocycles. The van der Waals surface area contributed by atoms with E-state index < -0.39 is 0 Å². The molecule has 0 saturated carbocycles. The number of unbranched alkanes of at least 4 members (excludes halogenated alkanes) is 2. The Morgan fingerprint density at radius 1 is 1.39 bits per heavy atom. The Morgan fingerprint density at radius 3 is 3.00 bits per heavy atom. The lowest BCUT2D eigenvalue weighted by Gasteiger charge is -2.21. The Kier molecular flexibility index (Phi) is 5.19. The molecule has 0 aliphatic heterocycles. The van der Waals surface area contributed by atoms with E-state index in [-0.39, 0.29) is 6.04 Å². The highest BCUT2D eigenvalue weighted by Gasteiger charge is 2.21. The highest BCUT2D eigenvalue weighted by molar-refractivity contribution is 7.98. The van der Waals surface area contributed by atoms with Crippen molar-refractivity contribution in [3.8, 4) is 0 Å². The van der Waals surface area contributed by atoms with Crippen molar-refractivity contribution in [3.63, 3.8) is 0 Å². The van der Waals surface area contributed by atoms with Gasteiger partial charge in [0.2, 0.25) is 0 Å². The molecule has 0 aromatic carbocycles. The molecule has 1 aromatic rings. The Bertz CT molecular complexity index is 384. The Hall–Kier alpha value is -0.410. The van der Waals surface area contributed by atoms with Crippen LogP contribution in [-0.2, 0) is 13.0 Å². The van der Waals surface area contributed by atoms with Gasteiger partial charge in [-0.05, 0) is 62.7 Å². The first kappa shape index (κ1) is 14.0. The second-order valence-corrected chi connectivity index (χ2v) is 6.38. The van der Waals surface area contributed by atoms with Crippen molar-refractivity contribution in [1.29, 1.82) is 0 Å². The maximum Gasteiger partial charge on any atom is 0.0313 e. The van der Waals surface area contributed by atoms with Crippen molar-refractivity contribution in [2.24, 2.45) is 5.73 Å². The van der Waals surface area contributed by atoms with Crippen molar-refractivity contribution < 1.29 is 0 Å². The fourth-order valence-corrected chi connectivity index (χ4v) is 3.50. The van der Waals surface area contributed by atoms with Gasteiger partial charge in [-0.25, -0.2) is 0 Å². The van der Waals surface area contributed by atoms with Crippen LogP contribution in [0.2, 0.25) is 0 Å². The summed E-state index contributed by atoms with van der Waals surface area (Å²) in [5.74, 6) is 1.30. The summed E-state index contributed by atoms with van der Waals surface area (Å²) in [6, 6.07) is 2.60. The van der Waals surface area contributed by atoms with Gasteiger partial charge in [-0.15, -0.1) is 0 Å². The summed E-state index contributed by atoms with van der Waals surface area (Å²) >= 11 is 1.95. The molecule has 2 N–H and O–H groups in total. The molecule has 1 heterocycles. The van der Waals surface area contributed by atoms with E-state index in [0.29, 0.717) is 0 Å². The van der Waals surface area contributed by atoms with Gasteiger partial charge in [-0.1, -0.05) is 6.42 Å². The van der Waals surface area contributed by atoms with Crippen LogP contribution in [0, 0.1) is 6.92 Å². The van der Waals surface area contributed by atoms with Gasteiger partial charge >= 0.3 is 0 Å². The maximum absolute atomic E-state index is 6.21. The van der Waals surface area contributed by atoms with E-state index in [2.05, 4.69) is 23.8 Å². The summed E-state index contributed by atoms with van der Waals surface area (Å²) in [5, 5.41) is 0. The molecule has 1 aliphatic rings. The molecule has 0 spiro atoms. The first-order chi connectivity index (χ1) is 8.74. The van der Waals surface area contributed by atoms with Crippen molar-refractivity contribution in [2.75, 3.05) is 12.0 Å². The van der Waals surface area contributed by atoms with E-state index in [0.717, 1.165) is 6.42 Å². The Labute approximate surface area is 115 Å². The fraction of sp³-hybridized carbons (Fsp3) is 0.733. The number of rotatable bonds is 6. The first-order valence-electron chi connectivity index (χ1n) is 7.17. The van der Waals surface area contributed by atoms with E-state index in [1.165, 1.54) is 61.4 Å². The minimum atomic E-state index is 0.283. The highest BCUT2D eigenvalue weighted by Crippen LogP contribution is 2.30. The fourth-order valence-electron chi connectivity index (χ4n) is 3.00. The van der Waals surface area contributed by atoms with E-state index in [1.54, 1.807) is 0 Å². The first-order valence-corrected chi connectivity index (χ1v) is 8.57. The van der Waals surface area contributed by atoms with Gasteiger partial charge in [0.05, 0.1) is 0 Å². The summed E-state index contributed by atoms with van der Waals surface area (Å²) < 4.78 is 2.52. The normalized spacial score (nSPS) is 18.9. The zero-order valence-electron chi connectivity index (χ0n) is 11.7. The van der Waals surface area contributed by atoms with Crippen LogP contribution in [0.4, 0.5) is 0 Å². The molecule has 0 bridgehead atoms. The van der Waals surface area contributed by atoms with Crippen molar-refractivity contribution >= 4 is 11.8 Å².